The number of hydrogen-bond acceptors (Lipinski definition) is 6. The highest BCUT2D eigenvalue weighted by molar-refractivity contribution is 7.71. The number of carboxylic acid groups (broad SMARTS) is 1. The minimum atomic E-state index is -1.20. The quantitative estimate of drug-likeness (QED) is 0.0812. The van der Waals surface area contributed by atoms with Crippen LogP contribution in [0.3, 0.4) is 0 Å². The lowest BCUT2D eigenvalue weighted by Crippen LogP contribution is -2.39. The Morgan fingerprint density at radius 3 is 2.44 bits per heavy atom. The van der Waals surface area contributed by atoms with Crippen LogP contribution in [-0.2, 0) is 35.6 Å². The van der Waals surface area contributed by atoms with Crippen molar-refractivity contribution in [2.75, 3.05) is 11.9 Å². The molecule has 250 valence electrons. The number of rotatable bonds is 15. The molecule has 2 atom stereocenters. The van der Waals surface area contributed by atoms with Crippen LogP contribution < -0.4 is 5.32 Å². The highest BCUT2D eigenvalue weighted by atomic mass is 32.1. The highest BCUT2D eigenvalue weighted by Crippen LogP contribution is 2.25. The number of benzene rings is 3. The molecule has 0 bridgehead atoms. The molecule has 1 aliphatic rings. The van der Waals surface area contributed by atoms with Crippen LogP contribution in [-0.4, -0.2) is 60.6 Å². The minimum absolute atomic E-state index is 0.0438. The number of carboxylic acids is 1. The molecule has 1 fully saturated rings. The smallest absolute Gasteiger partial charge is 0.330 e. The molecular weight excluding hydrogens is 621 g/mol. The van der Waals surface area contributed by atoms with E-state index >= 15 is 0 Å². The molecule has 0 aliphatic carbocycles. The summed E-state index contributed by atoms with van der Waals surface area (Å²) in [5.74, 6) is -0.381. The first-order valence-electron chi connectivity index (χ1n) is 16.6. The Hall–Kier alpha value is -4.67. The second-order valence-electron chi connectivity index (χ2n) is 12.4. The van der Waals surface area contributed by atoms with E-state index < -0.39 is 12.0 Å². The lowest BCUT2D eigenvalue weighted by atomic mass is 9.99. The molecule has 4 aromatic rings. The fourth-order valence-corrected chi connectivity index (χ4v) is 6.37. The molecule has 2 N–H and O–H groups in total. The zero-order valence-corrected chi connectivity index (χ0v) is 28.5. The monoisotopic (exact) mass is 664 g/mol. The van der Waals surface area contributed by atoms with Gasteiger partial charge in [-0.2, -0.15) is 5.10 Å². The number of likely N-dealkylation sites (tertiary alicyclic amines) is 1. The van der Waals surface area contributed by atoms with E-state index in [0.717, 1.165) is 61.2 Å². The van der Waals surface area contributed by atoms with Gasteiger partial charge < -0.3 is 10.4 Å². The summed E-state index contributed by atoms with van der Waals surface area (Å²) >= 11 is 5.79. The van der Waals surface area contributed by atoms with Crippen molar-refractivity contribution in [2.45, 2.75) is 77.7 Å². The van der Waals surface area contributed by atoms with E-state index in [-0.39, 0.29) is 18.5 Å². The molecule has 2 heterocycles. The Kier molecular flexibility index (Phi) is 11.9. The summed E-state index contributed by atoms with van der Waals surface area (Å²) < 4.78 is 3.95. The van der Waals surface area contributed by atoms with Crippen LogP contribution in [0.4, 0.5) is 5.69 Å². The van der Waals surface area contributed by atoms with Gasteiger partial charge in [0.2, 0.25) is 5.91 Å². The Morgan fingerprint density at radius 1 is 1.06 bits per heavy atom. The Bertz CT molecular complexity index is 1810. The molecule has 10 heteroatoms. The molecule has 1 amide bonds. The van der Waals surface area contributed by atoms with Crippen molar-refractivity contribution in [3.05, 3.63) is 124 Å². The zero-order valence-electron chi connectivity index (χ0n) is 27.7. The SMILES string of the molecule is C=C(C)Cn1c(CCCC)nn(C[C@H](N=C(c2ccccc2)c2ccccc2NC(=O)[C@@H]2CCCN2Cc2ccccc2)C(=O)O)c1=S. The number of aliphatic imine (C=N–C) groups is 1. The van der Waals surface area contributed by atoms with Crippen LogP contribution in [0.5, 0.6) is 0 Å². The van der Waals surface area contributed by atoms with Crippen LogP contribution in [0.1, 0.15) is 62.0 Å². The van der Waals surface area contributed by atoms with Gasteiger partial charge in [-0.05, 0) is 56.6 Å². The number of aryl methyl sites for hydroxylation is 1. The first-order chi connectivity index (χ1) is 23.2. The number of carbonyl (C=O) groups is 2. The Labute approximate surface area is 287 Å². The minimum Gasteiger partial charge on any atom is -0.480 e. The van der Waals surface area contributed by atoms with Gasteiger partial charge in [-0.1, -0.05) is 104 Å². The molecule has 0 spiro atoms. The summed E-state index contributed by atoms with van der Waals surface area (Å²) in [6.07, 6.45) is 4.37. The van der Waals surface area contributed by atoms with Crippen LogP contribution in [0.2, 0.25) is 0 Å². The second kappa shape index (κ2) is 16.4. The number of aromatic nitrogens is 3. The normalized spacial score (nSPS) is 15.7. The molecule has 48 heavy (non-hydrogen) atoms. The van der Waals surface area contributed by atoms with Crippen LogP contribution in [0.15, 0.2) is 102 Å². The van der Waals surface area contributed by atoms with E-state index in [1.807, 2.05) is 84.3 Å². The van der Waals surface area contributed by atoms with Gasteiger partial charge in [0.25, 0.3) is 0 Å². The van der Waals surface area contributed by atoms with E-state index in [1.165, 1.54) is 0 Å². The van der Waals surface area contributed by atoms with Crippen LogP contribution in [0.25, 0.3) is 0 Å². The van der Waals surface area contributed by atoms with Crippen molar-refractivity contribution >= 4 is 35.5 Å². The fourth-order valence-electron chi connectivity index (χ4n) is 6.09. The topological polar surface area (TPSA) is 105 Å². The average Bonchev–Trinajstić information content (AvgIpc) is 3.66. The summed E-state index contributed by atoms with van der Waals surface area (Å²) in [4.78, 5) is 33.7. The summed E-state index contributed by atoms with van der Waals surface area (Å²) in [5.41, 5.74) is 4.50. The van der Waals surface area contributed by atoms with Gasteiger partial charge in [0.15, 0.2) is 10.8 Å². The van der Waals surface area contributed by atoms with Crippen LogP contribution >= 0.6 is 12.2 Å². The molecule has 0 radical (unpaired) electrons. The predicted octanol–water partition coefficient (Wildman–Crippen LogP) is 6.93. The Balaban J connectivity index is 1.48. The maximum absolute atomic E-state index is 13.8. The van der Waals surface area contributed by atoms with Gasteiger partial charge in [0, 0.05) is 30.6 Å². The summed E-state index contributed by atoms with van der Waals surface area (Å²) in [7, 11) is 0. The molecule has 0 unspecified atom stereocenters. The number of anilines is 1. The first kappa shape index (κ1) is 34.7. The van der Waals surface area contributed by atoms with Crippen molar-refractivity contribution in [1.82, 2.24) is 19.2 Å². The van der Waals surface area contributed by atoms with Gasteiger partial charge in [0.1, 0.15) is 5.82 Å². The molecule has 1 saturated heterocycles. The predicted molar refractivity (Wildman–Crippen MR) is 193 cm³/mol. The van der Waals surface area contributed by atoms with Crippen molar-refractivity contribution in [3.8, 4) is 0 Å². The number of nitrogens with one attached hydrogen (secondary N) is 1. The average molecular weight is 665 g/mol. The van der Waals surface area contributed by atoms with E-state index in [4.69, 9.17) is 22.3 Å². The standard InChI is InChI=1S/C38H44N6O3S/c1-4-5-22-34-41-44(38(48)43(34)24-27(2)3)26-32(37(46)47)39-35(29-17-10-7-11-18-29)30-19-12-13-20-31(30)40-36(45)33-21-14-23-42(33)25-28-15-8-6-9-16-28/h6-13,15-20,32-33H,2,4-5,14,21-26H2,1,3H3,(H,40,45)(H,46,47)/t32-,33-/m0/s1. The third-order valence-corrected chi connectivity index (χ3v) is 8.91. The number of unbranched alkanes of at least 4 members (excludes halogenated alkanes) is 1. The van der Waals surface area contributed by atoms with Crippen molar-refractivity contribution in [2.24, 2.45) is 4.99 Å². The first-order valence-corrected chi connectivity index (χ1v) is 17.0. The van der Waals surface area contributed by atoms with Gasteiger partial charge in [0.05, 0.1) is 24.0 Å². The number of allylic oxidation sites excluding steroid dienone is 1. The fraction of sp³-hybridized carbons (Fsp3) is 0.342. The third-order valence-electron chi connectivity index (χ3n) is 8.48. The summed E-state index contributed by atoms with van der Waals surface area (Å²) in [6, 6.07) is 25.6. The van der Waals surface area contributed by atoms with E-state index in [9.17, 15) is 14.7 Å². The van der Waals surface area contributed by atoms with Gasteiger partial charge in [-0.25, -0.2) is 9.48 Å². The number of carbonyl (C=O) groups excluding carboxylic acids is 1. The molecule has 9 nitrogen and oxygen atoms in total. The maximum Gasteiger partial charge on any atom is 0.330 e. The molecular formula is C38H44N6O3S. The number of hydrogen-bond donors (Lipinski definition) is 2. The second-order valence-corrected chi connectivity index (χ2v) is 12.7. The zero-order chi connectivity index (χ0) is 34.0. The van der Waals surface area contributed by atoms with Crippen molar-refractivity contribution in [3.63, 3.8) is 0 Å². The summed E-state index contributed by atoms with van der Waals surface area (Å²) in [6.45, 7) is 10.1. The van der Waals surface area contributed by atoms with Gasteiger partial charge >= 0.3 is 5.97 Å². The van der Waals surface area contributed by atoms with Gasteiger partial charge in [-0.3, -0.25) is 19.3 Å². The van der Waals surface area contributed by atoms with Crippen molar-refractivity contribution < 1.29 is 14.7 Å². The lowest BCUT2D eigenvalue weighted by Gasteiger charge is -2.24. The van der Waals surface area contributed by atoms with Crippen LogP contribution in [0, 0.1) is 4.77 Å². The maximum atomic E-state index is 13.8. The molecule has 1 aliphatic heterocycles. The van der Waals surface area contributed by atoms with Crippen molar-refractivity contribution in [1.29, 1.82) is 0 Å². The van der Waals surface area contributed by atoms with E-state index in [1.54, 1.807) is 4.68 Å². The van der Waals surface area contributed by atoms with Gasteiger partial charge in [-0.15, -0.1) is 0 Å². The highest BCUT2D eigenvalue weighted by Gasteiger charge is 2.31. The number of amides is 1. The number of para-hydroxylation sites is 1. The number of aliphatic carboxylic acids is 1. The Morgan fingerprint density at radius 2 is 1.75 bits per heavy atom. The van der Waals surface area contributed by atoms with E-state index in [2.05, 4.69) is 35.9 Å². The lowest BCUT2D eigenvalue weighted by molar-refractivity contribution is -0.138. The molecule has 0 saturated carbocycles. The molecule has 3 aromatic carbocycles. The molecule has 5 rings (SSSR count). The molecule has 1 aromatic heterocycles. The summed E-state index contributed by atoms with van der Waals surface area (Å²) in [5, 5.41) is 18.4. The largest absolute Gasteiger partial charge is 0.480 e. The van der Waals surface area contributed by atoms with E-state index in [0.29, 0.717) is 34.8 Å². The number of nitrogens with zero attached hydrogens (tertiary/aromatic N) is 5. The third kappa shape index (κ3) is 8.62.